The van der Waals surface area contributed by atoms with Crippen molar-refractivity contribution < 1.29 is 28.5 Å². The summed E-state index contributed by atoms with van der Waals surface area (Å²) in [6.07, 6.45) is -3.37. The molecule has 0 saturated carbocycles. The second-order valence-corrected chi connectivity index (χ2v) is 10.8. The van der Waals surface area contributed by atoms with Crippen LogP contribution in [0.15, 0.2) is 121 Å². The monoisotopic (exact) mass is 601 g/mol. The molecule has 2 unspecified atom stereocenters. The highest BCUT2D eigenvalue weighted by Crippen LogP contribution is 2.31. The largest absolute Gasteiger partial charge is 0.445 e. The third-order valence-electron chi connectivity index (χ3n) is 7.05. The van der Waals surface area contributed by atoms with Crippen LogP contribution in [0.2, 0.25) is 0 Å². The first-order valence-corrected chi connectivity index (χ1v) is 14.8. The number of hydrogen-bond donors (Lipinski definition) is 1. The molecule has 1 N–H and O–H groups in total. The average Bonchev–Trinajstić information content (AvgIpc) is 3.06. The Morgan fingerprint density at radius 2 is 1.07 bits per heavy atom. The van der Waals surface area contributed by atoms with Gasteiger partial charge in [0.15, 0.2) is 6.23 Å². The first-order chi connectivity index (χ1) is 21.2. The maximum Gasteiger partial charge on any atom is 0.409 e. The molecule has 4 aromatic rings. The summed E-state index contributed by atoms with van der Waals surface area (Å²) in [5.74, 6) is 0. The molecule has 1 saturated heterocycles. The molecular weight excluding hydrogens is 566 g/mol. The maximum atomic E-state index is 12.8. The van der Waals surface area contributed by atoms with Crippen molar-refractivity contribution in [2.75, 3.05) is 6.61 Å². The number of rotatable bonds is 13. The van der Waals surface area contributed by atoms with Crippen molar-refractivity contribution in [3.05, 3.63) is 144 Å². The van der Waals surface area contributed by atoms with E-state index in [1.807, 2.05) is 121 Å². The molecule has 0 spiro atoms. The Hall–Kier alpha value is -3.72. The van der Waals surface area contributed by atoms with E-state index < -0.39 is 36.0 Å². The third kappa shape index (κ3) is 9.38. The number of benzene rings is 4. The summed E-state index contributed by atoms with van der Waals surface area (Å²) in [5.41, 5.74) is 3.90. The Morgan fingerprint density at radius 3 is 1.58 bits per heavy atom. The first kappa shape index (κ1) is 30.7. The minimum absolute atomic E-state index is 0.118. The van der Waals surface area contributed by atoms with E-state index in [9.17, 15) is 4.79 Å². The summed E-state index contributed by atoms with van der Waals surface area (Å²) in [6, 6.07) is 39.1. The zero-order valence-corrected chi connectivity index (χ0v) is 24.6. The van der Waals surface area contributed by atoms with Gasteiger partial charge in [0.2, 0.25) is 0 Å². The first-order valence-electron chi connectivity index (χ1n) is 14.3. The molecule has 8 heteroatoms. The highest BCUT2D eigenvalue weighted by Gasteiger charge is 2.47. The normalized spacial score (nSPS) is 21.7. The fraction of sp³-hybridized carbons (Fsp3) is 0.286. The van der Waals surface area contributed by atoms with Crippen LogP contribution in [0.4, 0.5) is 4.79 Å². The molecule has 0 aliphatic carbocycles. The Labute approximate surface area is 257 Å². The molecule has 0 radical (unpaired) electrons. The quantitative estimate of drug-likeness (QED) is 0.173. The summed E-state index contributed by atoms with van der Waals surface area (Å²) >= 11 is 7.01. The SMILES string of the molecule is O=C(NC1O[C@H](COCc2ccccc2)[C@@H](OCc2ccccc2)[C@H](OCc2ccccc2)C1Cl)OCc1ccccc1. The van der Waals surface area contributed by atoms with Gasteiger partial charge in [-0.25, -0.2) is 4.79 Å². The fourth-order valence-electron chi connectivity index (χ4n) is 4.82. The topological polar surface area (TPSA) is 75.3 Å². The number of halogens is 1. The van der Waals surface area contributed by atoms with Crippen molar-refractivity contribution in [2.24, 2.45) is 0 Å². The van der Waals surface area contributed by atoms with Gasteiger partial charge in [0, 0.05) is 0 Å². The van der Waals surface area contributed by atoms with Crippen molar-refractivity contribution in [1.82, 2.24) is 5.32 Å². The molecule has 1 heterocycles. The second kappa shape index (κ2) is 16.2. The number of ether oxygens (including phenoxy) is 5. The van der Waals surface area contributed by atoms with E-state index in [1.54, 1.807) is 0 Å². The lowest BCUT2D eigenvalue weighted by molar-refractivity contribution is -0.221. The summed E-state index contributed by atoms with van der Waals surface area (Å²) in [5, 5.41) is 2.01. The predicted octanol–water partition coefficient (Wildman–Crippen LogP) is 6.63. The minimum Gasteiger partial charge on any atom is -0.445 e. The zero-order chi connectivity index (χ0) is 29.7. The van der Waals surface area contributed by atoms with Crippen LogP contribution in [0.3, 0.4) is 0 Å². The highest BCUT2D eigenvalue weighted by atomic mass is 35.5. The van der Waals surface area contributed by atoms with Gasteiger partial charge in [-0.05, 0) is 22.3 Å². The molecule has 1 fully saturated rings. The zero-order valence-electron chi connectivity index (χ0n) is 23.8. The molecule has 0 bridgehead atoms. The standard InChI is InChI=1S/C35H36ClNO6/c36-31-33(41-23-28-17-9-3-10-18-28)32(40-22-27-15-7-2-8-16-27)30(25-39-21-26-13-5-1-6-14-26)43-34(31)37-35(38)42-24-29-19-11-4-12-20-29/h1-20,30-34H,21-25H2,(H,37,38)/t30-,31?,32-,33-,34?/m1/s1. The molecule has 224 valence electrons. The summed E-state index contributed by atoms with van der Waals surface area (Å²) in [6.45, 7) is 1.34. The number of carbonyl (C=O) groups is 1. The lowest BCUT2D eigenvalue weighted by Crippen LogP contribution is -2.63. The lowest BCUT2D eigenvalue weighted by atomic mass is 9.99. The van der Waals surface area contributed by atoms with E-state index in [2.05, 4.69) is 5.32 Å². The van der Waals surface area contributed by atoms with Crippen LogP contribution >= 0.6 is 11.6 Å². The van der Waals surface area contributed by atoms with Crippen LogP contribution in [0.25, 0.3) is 0 Å². The maximum absolute atomic E-state index is 12.8. The van der Waals surface area contributed by atoms with Gasteiger partial charge in [-0.15, -0.1) is 11.6 Å². The molecule has 4 aromatic carbocycles. The van der Waals surface area contributed by atoms with Crippen molar-refractivity contribution in [3.8, 4) is 0 Å². The van der Waals surface area contributed by atoms with E-state index in [-0.39, 0.29) is 13.2 Å². The molecule has 5 rings (SSSR count). The van der Waals surface area contributed by atoms with Gasteiger partial charge in [-0.3, -0.25) is 5.32 Å². The van der Waals surface area contributed by atoms with Crippen LogP contribution in [0.5, 0.6) is 0 Å². The van der Waals surface area contributed by atoms with Gasteiger partial charge in [-0.2, -0.15) is 0 Å². The van der Waals surface area contributed by atoms with Crippen molar-refractivity contribution in [1.29, 1.82) is 0 Å². The van der Waals surface area contributed by atoms with Gasteiger partial charge in [0.1, 0.15) is 30.3 Å². The van der Waals surface area contributed by atoms with Crippen molar-refractivity contribution in [3.63, 3.8) is 0 Å². The molecule has 1 amide bonds. The van der Waals surface area contributed by atoms with Crippen LogP contribution in [-0.4, -0.2) is 42.6 Å². The highest BCUT2D eigenvalue weighted by molar-refractivity contribution is 6.21. The number of hydrogen-bond acceptors (Lipinski definition) is 6. The van der Waals surface area contributed by atoms with Gasteiger partial charge in [-0.1, -0.05) is 121 Å². The fourth-order valence-corrected chi connectivity index (χ4v) is 5.16. The van der Waals surface area contributed by atoms with Gasteiger partial charge >= 0.3 is 6.09 Å². The average molecular weight is 602 g/mol. The third-order valence-corrected chi connectivity index (χ3v) is 7.53. The number of nitrogens with one attached hydrogen (secondary N) is 1. The van der Waals surface area contributed by atoms with E-state index >= 15 is 0 Å². The summed E-state index contributed by atoms with van der Waals surface area (Å²) < 4.78 is 30.8. The van der Waals surface area contributed by atoms with E-state index in [4.69, 9.17) is 35.3 Å². The van der Waals surface area contributed by atoms with Gasteiger partial charge in [0.25, 0.3) is 0 Å². The van der Waals surface area contributed by atoms with Crippen LogP contribution < -0.4 is 5.32 Å². The Bertz CT molecular complexity index is 1360. The van der Waals surface area contributed by atoms with Crippen LogP contribution in [-0.2, 0) is 50.1 Å². The Morgan fingerprint density at radius 1 is 0.628 bits per heavy atom. The van der Waals surface area contributed by atoms with Crippen molar-refractivity contribution in [2.45, 2.75) is 56.3 Å². The Balaban J connectivity index is 1.32. The minimum atomic E-state index is -0.910. The summed E-state index contributed by atoms with van der Waals surface area (Å²) in [7, 11) is 0. The van der Waals surface area contributed by atoms with E-state index in [0.29, 0.717) is 19.8 Å². The predicted molar refractivity (Wildman–Crippen MR) is 164 cm³/mol. The molecule has 0 aromatic heterocycles. The number of carbonyl (C=O) groups excluding carboxylic acids is 1. The molecule has 7 nitrogen and oxygen atoms in total. The van der Waals surface area contributed by atoms with Crippen molar-refractivity contribution >= 4 is 17.7 Å². The van der Waals surface area contributed by atoms with Crippen LogP contribution in [0, 0.1) is 0 Å². The summed E-state index contributed by atoms with van der Waals surface area (Å²) in [4.78, 5) is 12.8. The number of amides is 1. The Kier molecular flexibility index (Phi) is 11.6. The molecule has 43 heavy (non-hydrogen) atoms. The lowest BCUT2D eigenvalue weighted by Gasteiger charge is -2.44. The second-order valence-electron chi connectivity index (χ2n) is 10.3. The van der Waals surface area contributed by atoms with Gasteiger partial charge in [0.05, 0.1) is 26.4 Å². The number of alkyl halides is 1. The molecule has 5 atom stereocenters. The van der Waals surface area contributed by atoms with E-state index in [0.717, 1.165) is 22.3 Å². The van der Waals surface area contributed by atoms with Gasteiger partial charge < -0.3 is 23.7 Å². The molecular formula is C35H36ClNO6. The number of alkyl carbamates (subject to hydrolysis) is 1. The molecule has 1 aliphatic heterocycles. The van der Waals surface area contributed by atoms with E-state index in [1.165, 1.54) is 0 Å². The smallest absolute Gasteiger partial charge is 0.409 e. The van der Waals surface area contributed by atoms with Crippen LogP contribution in [0.1, 0.15) is 22.3 Å². The molecule has 1 aliphatic rings.